The van der Waals surface area contributed by atoms with E-state index in [1.807, 2.05) is 0 Å². The van der Waals surface area contributed by atoms with E-state index < -0.39 is 35.5 Å². The molecule has 0 bridgehead atoms. The highest BCUT2D eigenvalue weighted by Gasteiger charge is 2.35. The highest BCUT2D eigenvalue weighted by molar-refractivity contribution is 6.30. The minimum Gasteiger partial charge on any atom is -0.368 e. The number of primary amides is 1. The van der Waals surface area contributed by atoms with Crippen LogP contribution in [0, 0.1) is 11.6 Å². The van der Waals surface area contributed by atoms with E-state index in [0.717, 1.165) is 6.07 Å². The first-order valence-corrected chi connectivity index (χ1v) is 9.55. The second kappa shape index (κ2) is 9.05. The van der Waals surface area contributed by atoms with Gasteiger partial charge in [0.15, 0.2) is 0 Å². The van der Waals surface area contributed by atoms with Gasteiger partial charge in [-0.2, -0.15) is 0 Å². The summed E-state index contributed by atoms with van der Waals surface area (Å²) in [7, 11) is 0. The van der Waals surface area contributed by atoms with Crippen molar-refractivity contribution < 1.29 is 18.4 Å². The van der Waals surface area contributed by atoms with Crippen LogP contribution in [0.25, 0.3) is 0 Å². The Morgan fingerprint density at radius 3 is 2.23 bits per heavy atom. The van der Waals surface area contributed by atoms with E-state index in [4.69, 9.17) is 17.3 Å². The molecule has 7 heteroatoms. The summed E-state index contributed by atoms with van der Waals surface area (Å²) in [5.41, 5.74) is 6.59. The van der Waals surface area contributed by atoms with E-state index in [-0.39, 0.29) is 10.6 Å². The molecule has 0 aliphatic carbocycles. The maximum Gasteiger partial charge on any atom is 0.255 e. The third-order valence-corrected chi connectivity index (χ3v) is 5.12. The minimum atomic E-state index is -1.30. The quantitative estimate of drug-likeness (QED) is 0.597. The molecule has 3 aromatic rings. The van der Waals surface area contributed by atoms with Crippen molar-refractivity contribution in [2.75, 3.05) is 0 Å². The molecule has 0 aromatic heterocycles. The molecule has 0 saturated carbocycles. The highest BCUT2D eigenvalue weighted by atomic mass is 35.5. The van der Waals surface area contributed by atoms with Gasteiger partial charge >= 0.3 is 0 Å². The molecule has 0 heterocycles. The minimum absolute atomic E-state index is 0.124. The summed E-state index contributed by atoms with van der Waals surface area (Å²) in [6.07, 6.45) is 0. The van der Waals surface area contributed by atoms with Crippen LogP contribution < -0.4 is 5.73 Å². The van der Waals surface area contributed by atoms with Gasteiger partial charge in [0.2, 0.25) is 5.91 Å². The Hall–Kier alpha value is -3.25. The van der Waals surface area contributed by atoms with Crippen molar-refractivity contribution in [3.05, 3.63) is 106 Å². The van der Waals surface area contributed by atoms with Crippen molar-refractivity contribution in [1.29, 1.82) is 0 Å². The zero-order chi connectivity index (χ0) is 21.8. The number of benzene rings is 3. The number of carbonyl (C=O) groups excluding carboxylic acids is 2. The van der Waals surface area contributed by atoms with Crippen LogP contribution in [0.5, 0.6) is 0 Å². The number of nitrogens with zero attached hydrogens (tertiary/aromatic N) is 1. The third kappa shape index (κ3) is 4.49. The van der Waals surface area contributed by atoms with Crippen LogP contribution >= 0.6 is 11.6 Å². The van der Waals surface area contributed by atoms with Gasteiger partial charge in [0.05, 0.1) is 11.1 Å². The lowest BCUT2D eigenvalue weighted by atomic mass is 9.97. The van der Waals surface area contributed by atoms with Gasteiger partial charge in [-0.1, -0.05) is 48.0 Å². The van der Waals surface area contributed by atoms with E-state index in [1.54, 1.807) is 43.3 Å². The summed E-state index contributed by atoms with van der Waals surface area (Å²) < 4.78 is 28.0. The number of amides is 2. The predicted octanol–water partition coefficient (Wildman–Crippen LogP) is 5.05. The van der Waals surface area contributed by atoms with Crippen molar-refractivity contribution in [2.24, 2.45) is 5.73 Å². The molecule has 30 heavy (non-hydrogen) atoms. The van der Waals surface area contributed by atoms with Gasteiger partial charge in [0.1, 0.15) is 17.7 Å². The molecule has 2 amide bonds. The fourth-order valence-corrected chi connectivity index (χ4v) is 3.44. The predicted molar refractivity (Wildman–Crippen MR) is 111 cm³/mol. The summed E-state index contributed by atoms with van der Waals surface area (Å²) >= 11 is 5.77. The van der Waals surface area contributed by atoms with Crippen molar-refractivity contribution >= 4 is 23.4 Å². The fourth-order valence-electron chi connectivity index (χ4n) is 3.32. The van der Waals surface area contributed by atoms with Crippen molar-refractivity contribution in [2.45, 2.75) is 19.0 Å². The van der Waals surface area contributed by atoms with Crippen LogP contribution in [-0.4, -0.2) is 16.7 Å². The Kier molecular flexibility index (Phi) is 6.47. The second-order valence-corrected chi connectivity index (χ2v) is 7.20. The molecular weight excluding hydrogens is 410 g/mol. The summed E-state index contributed by atoms with van der Waals surface area (Å²) in [5, 5.41) is -0.124. The van der Waals surface area contributed by atoms with E-state index in [1.165, 1.54) is 35.2 Å². The monoisotopic (exact) mass is 428 g/mol. The van der Waals surface area contributed by atoms with Gasteiger partial charge in [0.25, 0.3) is 5.91 Å². The molecule has 0 aliphatic heterocycles. The standard InChI is InChI=1S/C23H19ClF2N2O2/c1-14(16-8-5-9-18(25)12-16)28(23(30)15-6-3-2-4-7-15)21(22(27)29)17-10-11-19(24)20(26)13-17/h2-14,21H,1H3,(H2,27,29)/t14-,21-/m1/s1. The maximum absolute atomic E-state index is 14.1. The van der Waals surface area contributed by atoms with E-state index in [2.05, 4.69) is 0 Å². The number of carbonyl (C=O) groups is 2. The van der Waals surface area contributed by atoms with Gasteiger partial charge in [-0.3, -0.25) is 9.59 Å². The summed E-state index contributed by atoms with van der Waals surface area (Å²) in [6, 6.07) is 15.7. The van der Waals surface area contributed by atoms with Gasteiger partial charge in [0, 0.05) is 5.56 Å². The zero-order valence-corrected chi connectivity index (χ0v) is 16.8. The highest BCUT2D eigenvalue weighted by Crippen LogP contribution is 2.33. The van der Waals surface area contributed by atoms with Crippen molar-refractivity contribution in [3.63, 3.8) is 0 Å². The molecule has 2 atom stereocenters. The lowest BCUT2D eigenvalue weighted by Gasteiger charge is -2.35. The Morgan fingerprint density at radius 2 is 1.63 bits per heavy atom. The van der Waals surface area contributed by atoms with E-state index in [0.29, 0.717) is 11.1 Å². The topological polar surface area (TPSA) is 63.4 Å². The maximum atomic E-state index is 14.1. The Bertz CT molecular complexity index is 1080. The number of rotatable bonds is 6. The lowest BCUT2D eigenvalue weighted by molar-refractivity contribution is -0.123. The van der Waals surface area contributed by atoms with Crippen LogP contribution in [-0.2, 0) is 4.79 Å². The molecule has 0 unspecified atom stereocenters. The van der Waals surface area contributed by atoms with Crippen molar-refractivity contribution in [3.8, 4) is 0 Å². The Morgan fingerprint density at radius 1 is 0.933 bits per heavy atom. The molecule has 154 valence electrons. The van der Waals surface area contributed by atoms with Crippen molar-refractivity contribution in [1.82, 2.24) is 4.90 Å². The first-order chi connectivity index (χ1) is 14.3. The third-order valence-electron chi connectivity index (χ3n) is 4.81. The lowest BCUT2D eigenvalue weighted by Crippen LogP contribution is -2.43. The smallest absolute Gasteiger partial charge is 0.255 e. The summed E-state index contributed by atoms with van der Waals surface area (Å²) in [4.78, 5) is 27.1. The first kappa shape index (κ1) is 21.5. The molecule has 0 saturated heterocycles. The molecule has 0 spiro atoms. The summed E-state index contributed by atoms with van der Waals surface area (Å²) in [5.74, 6) is -2.60. The Balaban J connectivity index is 2.16. The van der Waals surface area contributed by atoms with E-state index in [9.17, 15) is 18.4 Å². The van der Waals surface area contributed by atoms with Crippen LogP contribution in [0.4, 0.5) is 8.78 Å². The number of halogens is 3. The number of hydrogen-bond donors (Lipinski definition) is 1. The largest absolute Gasteiger partial charge is 0.368 e. The Labute approximate surface area is 177 Å². The van der Waals surface area contributed by atoms with Gasteiger partial charge in [-0.05, 0) is 54.4 Å². The van der Waals surface area contributed by atoms with Crippen LogP contribution in [0.3, 0.4) is 0 Å². The molecule has 0 aliphatic rings. The molecule has 0 fully saturated rings. The molecular formula is C23H19ClF2N2O2. The van der Waals surface area contributed by atoms with Crippen LogP contribution in [0.15, 0.2) is 72.8 Å². The molecule has 4 nitrogen and oxygen atoms in total. The fraction of sp³-hybridized carbons (Fsp3) is 0.130. The molecule has 2 N–H and O–H groups in total. The number of nitrogens with two attached hydrogens (primary N) is 1. The molecule has 3 rings (SSSR count). The summed E-state index contributed by atoms with van der Waals surface area (Å²) in [6.45, 7) is 1.65. The van der Waals surface area contributed by atoms with E-state index >= 15 is 0 Å². The normalized spacial score (nSPS) is 12.8. The van der Waals surface area contributed by atoms with Gasteiger partial charge in [-0.25, -0.2) is 8.78 Å². The first-order valence-electron chi connectivity index (χ1n) is 9.17. The van der Waals surface area contributed by atoms with Gasteiger partial charge in [-0.15, -0.1) is 0 Å². The van der Waals surface area contributed by atoms with Crippen LogP contribution in [0.1, 0.15) is 40.5 Å². The average Bonchev–Trinajstić information content (AvgIpc) is 2.73. The average molecular weight is 429 g/mol. The number of hydrogen-bond acceptors (Lipinski definition) is 2. The van der Waals surface area contributed by atoms with Crippen LogP contribution in [0.2, 0.25) is 5.02 Å². The molecule has 0 radical (unpaired) electrons. The molecule has 3 aromatic carbocycles. The SMILES string of the molecule is C[C@H](c1cccc(F)c1)N(C(=O)c1ccccc1)[C@@H](C(N)=O)c1ccc(Cl)c(F)c1. The zero-order valence-electron chi connectivity index (χ0n) is 16.1. The van der Waals surface area contributed by atoms with Gasteiger partial charge < -0.3 is 10.6 Å². The second-order valence-electron chi connectivity index (χ2n) is 6.79.